The zero-order chi connectivity index (χ0) is 26.1. The maximum atomic E-state index is 13.1. The minimum atomic E-state index is -4.00. The van der Waals surface area contributed by atoms with Crippen molar-refractivity contribution >= 4 is 43.0 Å². The lowest BCUT2D eigenvalue weighted by Gasteiger charge is -2.36. The van der Waals surface area contributed by atoms with E-state index in [0.29, 0.717) is 24.7 Å². The van der Waals surface area contributed by atoms with Gasteiger partial charge in [0.05, 0.1) is 40.7 Å². The molecule has 2 heterocycles. The molecule has 36 heavy (non-hydrogen) atoms. The fourth-order valence-corrected chi connectivity index (χ4v) is 7.18. The molecular weight excluding hydrogens is 536 g/mol. The second-order valence-electron chi connectivity index (χ2n) is 8.11. The monoisotopic (exact) mass is 560 g/mol. The maximum Gasteiger partial charge on any atom is 0.289 e. The highest BCUT2D eigenvalue weighted by Crippen LogP contribution is 2.34. The Bertz CT molecular complexity index is 1360. The molecule has 0 aromatic heterocycles. The van der Waals surface area contributed by atoms with Crippen LogP contribution in [0.2, 0.25) is 5.02 Å². The van der Waals surface area contributed by atoms with Gasteiger partial charge in [0, 0.05) is 45.3 Å². The van der Waals surface area contributed by atoms with Crippen molar-refractivity contribution in [2.45, 2.75) is 9.79 Å². The summed E-state index contributed by atoms with van der Waals surface area (Å²) in [6.07, 6.45) is 0. The lowest BCUT2D eigenvalue weighted by Crippen LogP contribution is -2.48. The number of piperazine rings is 1. The molecule has 2 aliphatic rings. The molecule has 2 fully saturated rings. The maximum absolute atomic E-state index is 13.1. The molecule has 0 spiro atoms. The van der Waals surface area contributed by atoms with E-state index in [1.807, 2.05) is 4.90 Å². The van der Waals surface area contributed by atoms with E-state index < -0.39 is 30.7 Å². The molecule has 4 rings (SSSR count). The first kappa shape index (κ1) is 26.6. The van der Waals surface area contributed by atoms with Crippen LogP contribution >= 0.6 is 11.6 Å². The van der Waals surface area contributed by atoms with Gasteiger partial charge in [-0.1, -0.05) is 11.6 Å². The van der Waals surface area contributed by atoms with Gasteiger partial charge in [0.2, 0.25) is 20.0 Å². The van der Waals surface area contributed by atoms with Crippen LogP contribution in [0.1, 0.15) is 0 Å². The molecule has 15 heteroatoms. The summed E-state index contributed by atoms with van der Waals surface area (Å²) in [6.45, 7) is 1.88. The highest BCUT2D eigenvalue weighted by molar-refractivity contribution is 7.89. The van der Waals surface area contributed by atoms with Gasteiger partial charge >= 0.3 is 0 Å². The number of rotatable bonds is 7. The number of halogens is 1. The molecule has 2 aromatic carbocycles. The summed E-state index contributed by atoms with van der Waals surface area (Å²) in [5, 5.41) is 11.0. The van der Waals surface area contributed by atoms with Crippen LogP contribution in [-0.4, -0.2) is 90.0 Å². The van der Waals surface area contributed by atoms with Crippen molar-refractivity contribution in [2.24, 2.45) is 0 Å². The number of benzene rings is 2. The zero-order valence-electron chi connectivity index (χ0n) is 19.4. The summed E-state index contributed by atoms with van der Waals surface area (Å²) in [6, 6.07) is 7.98. The molecule has 0 bridgehead atoms. The number of nitro benzene ring substituents is 1. The summed E-state index contributed by atoms with van der Waals surface area (Å²) >= 11 is 5.82. The third kappa shape index (κ3) is 5.14. The number of hydrogen-bond acceptors (Lipinski definition) is 9. The number of nitro groups is 1. The summed E-state index contributed by atoms with van der Waals surface area (Å²) in [5.41, 5.74) is 0.0467. The van der Waals surface area contributed by atoms with E-state index >= 15 is 0 Å². The first-order valence-corrected chi connectivity index (χ1v) is 14.3. The van der Waals surface area contributed by atoms with Gasteiger partial charge < -0.3 is 14.4 Å². The molecule has 2 aliphatic heterocycles. The molecule has 196 valence electrons. The van der Waals surface area contributed by atoms with Gasteiger partial charge in [-0.05, 0) is 30.3 Å². The SMILES string of the molecule is COc1ccc(S(=O)(=O)N2CCOCC2)cc1N1CCN(S(=O)(=O)c2ccc(Cl)c([N+](=O)[O-])c2)CC1. The standard InChI is InChI=1S/C21H25ClN4O8S2/c1-33-21-5-3-17(36(31,32)25-10-12-34-13-11-25)15-20(21)23-6-8-24(9-7-23)35(29,30)16-2-4-18(22)19(14-16)26(27)28/h2-5,14-15H,6-13H2,1H3. The van der Waals surface area contributed by atoms with Crippen LogP contribution in [0.5, 0.6) is 5.75 Å². The van der Waals surface area contributed by atoms with Crippen LogP contribution in [0, 0.1) is 10.1 Å². The van der Waals surface area contributed by atoms with E-state index in [0.717, 1.165) is 6.07 Å². The van der Waals surface area contributed by atoms with Gasteiger partial charge in [-0.25, -0.2) is 16.8 Å². The Morgan fingerprint density at radius 3 is 2.03 bits per heavy atom. The van der Waals surface area contributed by atoms with Crippen LogP contribution in [0.25, 0.3) is 0 Å². The molecule has 2 aromatic rings. The molecule has 0 aliphatic carbocycles. The van der Waals surface area contributed by atoms with Crippen LogP contribution in [-0.2, 0) is 24.8 Å². The summed E-state index contributed by atoms with van der Waals surface area (Å²) in [5.74, 6) is 0.459. The second-order valence-corrected chi connectivity index (χ2v) is 12.4. The lowest BCUT2D eigenvalue weighted by atomic mass is 10.2. The summed E-state index contributed by atoms with van der Waals surface area (Å²) in [7, 11) is -6.26. The second kappa shape index (κ2) is 10.5. The first-order valence-electron chi connectivity index (χ1n) is 11.0. The number of ether oxygens (including phenoxy) is 2. The van der Waals surface area contributed by atoms with Gasteiger partial charge in [0.25, 0.3) is 5.69 Å². The van der Waals surface area contributed by atoms with Crippen molar-refractivity contribution in [2.75, 3.05) is 64.5 Å². The highest BCUT2D eigenvalue weighted by atomic mass is 35.5. The minimum absolute atomic E-state index is 0.0857. The Labute approximate surface area is 214 Å². The smallest absolute Gasteiger partial charge is 0.289 e. The van der Waals surface area contributed by atoms with Crippen LogP contribution in [0.4, 0.5) is 11.4 Å². The molecule has 0 unspecified atom stereocenters. The molecule has 0 amide bonds. The Morgan fingerprint density at radius 1 is 0.889 bits per heavy atom. The highest BCUT2D eigenvalue weighted by Gasteiger charge is 2.32. The van der Waals surface area contributed by atoms with Crippen LogP contribution in [0.3, 0.4) is 0 Å². The lowest BCUT2D eigenvalue weighted by molar-refractivity contribution is -0.384. The quantitative estimate of drug-likeness (QED) is 0.366. The van der Waals surface area contributed by atoms with Crippen molar-refractivity contribution in [3.8, 4) is 5.75 Å². The number of anilines is 1. The van der Waals surface area contributed by atoms with E-state index in [9.17, 15) is 26.9 Å². The molecular formula is C21H25ClN4O8S2. The predicted octanol–water partition coefficient (Wildman–Crippen LogP) is 1.79. The molecule has 0 atom stereocenters. The minimum Gasteiger partial charge on any atom is -0.495 e. The van der Waals surface area contributed by atoms with Gasteiger partial charge in [0.1, 0.15) is 10.8 Å². The summed E-state index contributed by atoms with van der Waals surface area (Å²) in [4.78, 5) is 12.2. The number of hydrogen-bond donors (Lipinski definition) is 0. The van der Waals surface area contributed by atoms with Crippen LogP contribution in [0.15, 0.2) is 46.2 Å². The van der Waals surface area contributed by atoms with E-state index in [1.165, 1.54) is 40.0 Å². The number of sulfonamides is 2. The molecule has 0 N–H and O–H groups in total. The Morgan fingerprint density at radius 2 is 1.44 bits per heavy atom. The van der Waals surface area contributed by atoms with Gasteiger partial charge in [0.15, 0.2) is 0 Å². The third-order valence-corrected chi connectivity index (χ3v) is 10.2. The predicted molar refractivity (Wildman–Crippen MR) is 132 cm³/mol. The van der Waals surface area contributed by atoms with Crippen LogP contribution < -0.4 is 9.64 Å². The van der Waals surface area contributed by atoms with Crippen molar-refractivity contribution in [1.29, 1.82) is 0 Å². The van der Waals surface area contributed by atoms with E-state index in [1.54, 1.807) is 6.07 Å². The fourth-order valence-electron chi connectivity index (χ4n) is 4.12. The van der Waals surface area contributed by atoms with Crippen molar-refractivity contribution in [1.82, 2.24) is 8.61 Å². The van der Waals surface area contributed by atoms with Gasteiger partial charge in [-0.3, -0.25) is 10.1 Å². The average molecular weight is 561 g/mol. The Kier molecular flexibility index (Phi) is 7.73. The molecule has 12 nitrogen and oxygen atoms in total. The van der Waals surface area contributed by atoms with Crippen molar-refractivity contribution < 1.29 is 31.2 Å². The van der Waals surface area contributed by atoms with E-state index in [-0.39, 0.29) is 54.1 Å². The largest absolute Gasteiger partial charge is 0.495 e. The molecule has 2 saturated heterocycles. The van der Waals surface area contributed by atoms with E-state index in [2.05, 4.69) is 0 Å². The van der Waals surface area contributed by atoms with Gasteiger partial charge in [-0.2, -0.15) is 8.61 Å². The Balaban J connectivity index is 1.55. The molecule has 0 saturated carbocycles. The molecule has 0 radical (unpaired) electrons. The third-order valence-electron chi connectivity index (χ3n) is 6.09. The normalized spacial score (nSPS) is 18.2. The number of nitrogens with zero attached hydrogens (tertiary/aromatic N) is 4. The van der Waals surface area contributed by atoms with E-state index in [4.69, 9.17) is 21.1 Å². The zero-order valence-corrected chi connectivity index (χ0v) is 21.8. The van der Waals surface area contributed by atoms with Crippen molar-refractivity contribution in [3.63, 3.8) is 0 Å². The number of morpholine rings is 1. The Hall–Kier alpha value is -2.49. The first-order chi connectivity index (χ1) is 17.1. The fraction of sp³-hybridized carbons (Fsp3) is 0.429. The summed E-state index contributed by atoms with van der Waals surface area (Å²) < 4.78 is 65.8. The van der Waals surface area contributed by atoms with Gasteiger partial charge in [-0.15, -0.1) is 0 Å². The number of methoxy groups -OCH3 is 1. The van der Waals surface area contributed by atoms with Crippen molar-refractivity contribution in [3.05, 3.63) is 51.5 Å². The average Bonchev–Trinajstić information content (AvgIpc) is 2.88. The topological polar surface area (TPSA) is 140 Å².